The lowest BCUT2D eigenvalue weighted by atomic mass is 10.1. The van der Waals surface area contributed by atoms with E-state index in [-0.39, 0.29) is 0 Å². The van der Waals surface area contributed by atoms with Crippen molar-refractivity contribution < 1.29 is 0 Å². The van der Waals surface area contributed by atoms with Crippen LogP contribution in [-0.2, 0) is 0 Å². The maximum absolute atomic E-state index is 5.93. The molecule has 82 valence electrons. The minimum atomic E-state index is 0.755. The van der Waals surface area contributed by atoms with Crippen molar-refractivity contribution in [2.45, 2.75) is 0 Å². The monoisotopic (exact) mass is 213 g/mol. The van der Waals surface area contributed by atoms with E-state index in [2.05, 4.69) is 4.98 Å². The summed E-state index contributed by atoms with van der Waals surface area (Å²) in [6.07, 6.45) is 1.80. The Morgan fingerprint density at radius 3 is 2.56 bits per heavy atom. The number of anilines is 2. The zero-order valence-electron chi connectivity index (χ0n) is 9.51. The molecule has 0 saturated carbocycles. The largest absolute Gasteiger partial charge is 0.398 e. The van der Waals surface area contributed by atoms with Crippen molar-refractivity contribution in [3.8, 4) is 11.3 Å². The highest BCUT2D eigenvalue weighted by Crippen LogP contribution is 2.25. The van der Waals surface area contributed by atoms with E-state index >= 15 is 0 Å². The highest BCUT2D eigenvalue weighted by atomic mass is 15.1. The topological polar surface area (TPSA) is 42.2 Å². The average Bonchev–Trinajstić information content (AvgIpc) is 2.30. The second-order valence-corrected chi connectivity index (χ2v) is 3.88. The molecular weight excluding hydrogens is 198 g/mol. The van der Waals surface area contributed by atoms with Gasteiger partial charge < -0.3 is 10.6 Å². The molecule has 0 amide bonds. The standard InChI is InChI=1S/C13H15N3/c1-16(2)10-7-8-15-13(9-10)11-5-3-4-6-12(11)14/h3-9H,14H2,1-2H3. The lowest BCUT2D eigenvalue weighted by molar-refractivity contribution is 1.12. The van der Waals surface area contributed by atoms with Gasteiger partial charge in [-0.05, 0) is 18.2 Å². The molecule has 1 heterocycles. The third-order valence-electron chi connectivity index (χ3n) is 2.50. The van der Waals surface area contributed by atoms with Crippen LogP contribution in [0, 0.1) is 0 Å². The number of para-hydroxylation sites is 1. The van der Waals surface area contributed by atoms with Gasteiger partial charge >= 0.3 is 0 Å². The average molecular weight is 213 g/mol. The summed E-state index contributed by atoms with van der Waals surface area (Å²) in [5, 5.41) is 0. The van der Waals surface area contributed by atoms with Crippen molar-refractivity contribution in [1.29, 1.82) is 0 Å². The van der Waals surface area contributed by atoms with E-state index in [4.69, 9.17) is 5.73 Å². The number of nitrogen functional groups attached to an aromatic ring is 1. The van der Waals surface area contributed by atoms with Gasteiger partial charge in [0.1, 0.15) is 0 Å². The minimum Gasteiger partial charge on any atom is -0.398 e. The fourth-order valence-corrected chi connectivity index (χ4v) is 1.58. The molecule has 1 aromatic carbocycles. The Bertz CT molecular complexity index is 492. The Balaban J connectivity index is 2.49. The van der Waals surface area contributed by atoms with E-state index in [9.17, 15) is 0 Å². The summed E-state index contributed by atoms with van der Waals surface area (Å²) in [6.45, 7) is 0. The van der Waals surface area contributed by atoms with Crippen molar-refractivity contribution in [2.24, 2.45) is 0 Å². The first kappa shape index (κ1) is 10.5. The van der Waals surface area contributed by atoms with Crippen LogP contribution in [0.1, 0.15) is 0 Å². The molecule has 2 rings (SSSR count). The molecule has 3 nitrogen and oxygen atoms in total. The molecule has 0 atom stereocenters. The Morgan fingerprint density at radius 2 is 1.88 bits per heavy atom. The Morgan fingerprint density at radius 1 is 1.12 bits per heavy atom. The number of aromatic nitrogens is 1. The van der Waals surface area contributed by atoms with Crippen LogP contribution in [0.15, 0.2) is 42.6 Å². The zero-order chi connectivity index (χ0) is 11.5. The summed E-state index contributed by atoms with van der Waals surface area (Å²) in [6, 6.07) is 11.8. The predicted molar refractivity (Wildman–Crippen MR) is 68.4 cm³/mol. The maximum Gasteiger partial charge on any atom is 0.0743 e. The fourth-order valence-electron chi connectivity index (χ4n) is 1.58. The van der Waals surface area contributed by atoms with Gasteiger partial charge in [0, 0.05) is 37.2 Å². The summed E-state index contributed by atoms with van der Waals surface area (Å²) in [5.41, 5.74) is 9.68. The van der Waals surface area contributed by atoms with E-state index in [1.165, 1.54) is 0 Å². The highest BCUT2D eigenvalue weighted by molar-refractivity contribution is 5.75. The second kappa shape index (κ2) is 4.23. The molecule has 0 radical (unpaired) electrons. The summed E-state index contributed by atoms with van der Waals surface area (Å²) in [4.78, 5) is 6.39. The highest BCUT2D eigenvalue weighted by Gasteiger charge is 2.04. The van der Waals surface area contributed by atoms with Crippen molar-refractivity contribution >= 4 is 11.4 Å². The lowest BCUT2D eigenvalue weighted by Crippen LogP contribution is -2.08. The molecule has 2 N–H and O–H groups in total. The van der Waals surface area contributed by atoms with Crippen LogP contribution >= 0.6 is 0 Å². The molecule has 1 aromatic heterocycles. The summed E-state index contributed by atoms with van der Waals surface area (Å²) in [5.74, 6) is 0. The molecule has 0 unspecified atom stereocenters. The van der Waals surface area contributed by atoms with E-state index in [1.54, 1.807) is 6.20 Å². The van der Waals surface area contributed by atoms with Crippen molar-refractivity contribution in [3.05, 3.63) is 42.6 Å². The zero-order valence-corrected chi connectivity index (χ0v) is 9.51. The van der Waals surface area contributed by atoms with Gasteiger partial charge in [0.2, 0.25) is 0 Å². The van der Waals surface area contributed by atoms with Crippen LogP contribution in [-0.4, -0.2) is 19.1 Å². The van der Waals surface area contributed by atoms with E-state index in [0.29, 0.717) is 0 Å². The third kappa shape index (κ3) is 1.98. The molecule has 0 aliphatic rings. The first-order chi connectivity index (χ1) is 7.68. The summed E-state index contributed by atoms with van der Waals surface area (Å²) in [7, 11) is 4.01. The lowest BCUT2D eigenvalue weighted by Gasteiger charge is -2.13. The SMILES string of the molecule is CN(C)c1ccnc(-c2ccccc2N)c1. The number of hydrogen-bond acceptors (Lipinski definition) is 3. The molecule has 16 heavy (non-hydrogen) atoms. The fraction of sp³-hybridized carbons (Fsp3) is 0.154. The third-order valence-corrected chi connectivity index (χ3v) is 2.50. The molecule has 0 fully saturated rings. The van der Waals surface area contributed by atoms with Crippen LogP contribution in [0.25, 0.3) is 11.3 Å². The molecule has 2 aromatic rings. The van der Waals surface area contributed by atoms with Crippen LogP contribution in [0.2, 0.25) is 0 Å². The molecule has 3 heteroatoms. The Kier molecular flexibility index (Phi) is 2.77. The second-order valence-electron chi connectivity index (χ2n) is 3.88. The smallest absolute Gasteiger partial charge is 0.0743 e. The minimum absolute atomic E-state index is 0.755. The van der Waals surface area contributed by atoms with E-state index in [1.807, 2.05) is 55.4 Å². The first-order valence-corrected chi connectivity index (χ1v) is 5.17. The number of benzene rings is 1. The number of pyridine rings is 1. The van der Waals surface area contributed by atoms with Crippen molar-refractivity contribution in [3.63, 3.8) is 0 Å². The molecule has 0 aliphatic carbocycles. The van der Waals surface area contributed by atoms with Crippen LogP contribution in [0.4, 0.5) is 11.4 Å². The van der Waals surface area contributed by atoms with Gasteiger partial charge in [0.15, 0.2) is 0 Å². The van der Waals surface area contributed by atoms with Crippen molar-refractivity contribution in [1.82, 2.24) is 4.98 Å². The van der Waals surface area contributed by atoms with Gasteiger partial charge in [-0.1, -0.05) is 18.2 Å². The molecule has 0 spiro atoms. The number of rotatable bonds is 2. The van der Waals surface area contributed by atoms with Gasteiger partial charge in [0.05, 0.1) is 5.69 Å². The number of nitrogens with zero attached hydrogens (tertiary/aromatic N) is 2. The predicted octanol–water partition coefficient (Wildman–Crippen LogP) is 2.40. The van der Waals surface area contributed by atoms with Gasteiger partial charge in [-0.15, -0.1) is 0 Å². The quantitative estimate of drug-likeness (QED) is 0.779. The van der Waals surface area contributed by atoms with Gasteiger partial charge in [-0.2, -0.15) is 0 Å². The summed E-state index contributed by atoms with van der Waals surface area (Å²) >= 11 is 0. The van der Waals surface area contributed by atoms with E-state index < -0.39 is 0 Å². The Labute approximate surface area is 95.5 Å². The Hall–Kier alpha value is -2.03. The van der Waals surface area contributed by atoms with E-state index in [0.717, 1.165) is 22.6 Å². The van der Waals surface area contributed by atoms with Crippen LogP contribution in [0.5, 0.6) is 0 Å². The van der Waals surface area contributed by atoms with Gasteiger partial charge in [-0.3, -0.25) is 4.98 Å². The maximum atomic E-state index is 5.93. The summed E-state index contributed by atoms with van der Waals surface area (Å²) < 4.78 is 0. The first-order valence-electron chi connectivity index (χ1n) is 5.17. The van der Waals surface area contributed by atoms with Crippen LogP contribution in [0.3, 0.4) is 0 Å². The molecule has 0 saturated heterocycles. The van der Waals surface area contributed by atoms with Crippen molar-refractivity contribution in [2.75, 3.05) is 24.7 Å². The molecular formula is C13H15N3. The number of nitrogens with two attached hydrogens (primary N) is 1. The molecule has 0 bridgehead atoms. The van der Waals surface area contributed by atoms with Gasteiger partial charge in [-0.25, -0.2) is 0 Å². The molecule has 0 aliphatic heterocycles. The van der Waals surface area contributed by atoms with Gasteiger partial charge in [0.25, 0.3) is 0 Å². The number of hydrogen-bond donors (Lipinski definition) is 1. The normalized spacial score (nSPS) is 10.1. The van der Waals surface area contributed by atoms with Crippen LogP contribution < -0.4 is 10.6 Å².